The number of hydrogen-bond donors (Lipinski definition) is 1. The smallest absolute Gasteiger partial charge is 0.278 e. The Morgan fingerprint density at radius 1 is 1.06 bits per heavy atom. The first-order chi connectivity index (χ1) is 14.9. The molecule has 0 fully saturated rings. The largest absolute Gasteiger partial charge is 0.350 e. The van der Waals surface area contributed by atoms with Crippen LogP contribution in [0.1, 0.15) is 34.1 Å². The predicted molar refractivity (Wildman–Crippen MR) is 118 cm³/mol. The second kappa shape index (κ2) is 8.55. The van der Waals surface area contributed by atoms with E-state index in [-0.39, 0.29) is 30.1 Å². The van der Waals surface area contributed by atoms with Gasteiger partial charge in [-0.05, 0) is 43.5 Å². The van der Waals surface area contributed by atoms with E-state index in [1.54, 1.807) is 4.90 Å². The molecule has 0 bridgehead atoms. The number of aromatic nitrogens is 2. The number of rotatable bonds is 5. The van der Waals surface area contributed by atoms with Crippen molar-refractivity contribution in [2.24, 2.45) is 0 Å². The van der Waals surface area contributed by atoms with Crippen LogP contribution in [0, 0.1) is 6.92 Å². The van der Waals surface area contributed by atoms with Gasteiger partial charge in [-0.3, -0.25) is 14.4 Å². The molecule has 1 aliphatic heterocycles. The average molecular weight is 416 g/mol. The maximum Gasteiger partial charge on any atom is 0.278 e. The number of amides is 2. The maximum absolute atomic E-state index is 13.2. The van der Waals surface area contributed by atoms with Crippen LogP contribution >= 0.6 is 0 Å². The third-order valence-electron chi connectivity index (χ3n) is 5.42. The molecule has 3 aromatic rings. The minimum Gasteiger partial charge on any atom is -0.350 e. The SMILES string of the molecule is Cc1ccc(CNC(=O)Cn2nc(C(=O)N3c4ccccc4C[C@H]3C)ccc2=O)cc1. The first kappa shape index (κ1) is 20.5. The van der Waals surface area contributed by atoms with Gasteiger partial charge < -0.3 is 10.2 Å². The van der Waals surface area contributed by atoms with Gasteiger partial charge >= 0.3 is 0 Å². The maximum atomic E-state index is 13.2. The number of hydrogen-bond acceptors (Lipinski definition) is 4. The number of benzene rings is 2. The molecule has 2 amide bonds. The third kappa shape index (κ3) is 4.40. The quantitative estimate of drug-likeness (QED) is 0.693. The minimum absolute atomic E-state index is 0.00936. The Labute approximate surface area is 180 Å². The number of anilines is 1. The number of para-hydroxylation sites is 1. The van der Waals surface area contributed by atoms with Crippen molar-refractivity contribution in [3.63, 3.8) is 0 Å². The van der Waals surface area contributed by atoms with Gasteiger partial charge in [-0.15, -0.1) is 0 Å². The summed E-state index contributed by atoms with van der Waals surface area (Å²) >= 11 is 0. The molecule has 1 N–H and O–H groups in total. The standard InChI is InChI=1S/C24H24N4O3/c1-16-7-9-18(10-8-16)14-25-22(29)15-27-23(30)12-11-20(26-27)24(31)28-17(2)13-19-5-3-4-6-21(19)28/h3-12,17H,13-15H2,1-2H3,(H,25,29)/t17-/m1/s1. The molecule has 0 aliphatic carbocycles. The van der Waals surface area contributed by atoms with Crippen molar-refractivity contribution in [1.82, 2.24) is 15.1 Å². The van der Waals surface area contributed by atoms with Crippen molar-refractivity contribution in [2.45, 2.75) is 39.4 Å². The molecule has 31 heavy (non-hydrogen) atoms. The molecule has 1 aromatic heterocycles. The Balaban J connectivity index is 1.48. The number of aryl methyl sites for hydroxylation is 1. The van der Waals surface area contributed by atoms with Gasteiger partial charge in [-0.25, -0.2) is 4.68 Å². The van der Waals surface area contributed by atoms with E-state index in [9.17, 15) is 14.4 Å². The topological polar surface area (TPSA) is 84.3 Å². The molecule has 7 heteroatoms. The zero-order valence-electron chi connectivity index (χ0n) is 17.5. The summed E-state index contributed by atoms with van der Waals surface area (Å²) in [5.74, 6) is -0.633. The van der Waals surface area contributed by atoms with Gasteiger partial charge in [0.05, 0.1) is 0 Å². The highest BCUT2D eigenvalue weighted by atomic mass is 16.2. The first-order valence-corrected chi connectivity index (χ1v) is 10.2. The van der Waals surface area contributed by atoms with Gasteiger partial charge in [0.15, 0.2) is 0 Å². The van der Waals surface area contributed by atoms with E-state index in [1.165, 1.54) is 12.1 Å². The van der Waals surface area contributed by atoms with E-state index >= 15 is 0 Å². The second-order valence-corrected chi connectivity index (χ2v) is 7.83. The summed E-state index contributed by atoms with van der Waals surface area (Å²) in [7, 11) is 0. The Hall–Kier alpha value is -3.74. The summed E-state index contributed by atoms with van der Waals surface area (Å²) in [6.45, 7) is 4.08. The summed E-state index contributed by atoms with van der Waals surface area (Å²) in [6.07, 6.45) is 0.767. The zero-order valence-corrected chi connectivity index (χ0v) is 17.5. The van der Waals surface area contributed by atoms with Crippen molar-refractivity contribution in [1.29, 1.82) is 0 Å². The monoisotopic (exact) mass is 416 g/mol. The van der Waals surface area contributed by atoms with Crippen LogP contribution in [-0.4, -0.2) is 27.6 Å². The highest BCUT2D eigenvalue weighted by Gasteiger charge is 2.32. The lowest BCUT2D eigenvalue weighted by Crippen LogP contribution is -2.38. The van der Waals surface area contributed by atoms with Crippen LogP contribution in [0.5, 0.6) is 0 Å². The Morgan fingerprint density at radius 2 is 1.81 bits per heavy atom. The highest BCUT2D eigenvalue weighted by molar-refractivity contribution is 6.06. The zero-order chi connectivity index (χ0) is 22.0. The molecular formula is C24H24N4O3. The first-order valence-electron chi connectivity index (χ1n) is 10.2. The number of nitrogens with zero attached hydrogens (tertiary/aromatic N) is 3. The van der Waals surface area contributed by atoms with Gasteiger partial charge in [-0.2, -0.15) is 5.10 Å². The predicted octanol–water partition coefficient (Wildman–Crippen LogP) is 2.46. The molecule has 2 aromatic carbocycles. The lowest BCUT2D eigenvalue weighted by atomic mass is 10.1. The minimum atomic E-state index is -0.433. The Morgan fingerprint density at radius 3 is 2.58 bits per heavy atom. The van der Waals surface area contributed by atoms with Gasteiger partial charge in [0.25, 0.3) is 11.5 Å². The third-order valence-corrected chi connectivity index (χ3v) is 5.42. The fraction of sp³-hybridized carbons (Fsp3) is 0.250. The van der Waals surface area contributed by atoms with Crippen molar-refractivity contribution in [3.05, 3.63) is 93.4 Å². The fourth-order valence-corrected chi connectivity index (χ4v) is 3.77. The van der Waals surface area contributed by atoms with Gasteiger partial charge in [0.1, 0.15) is 12.2 Å². The number of fused-ring (bicyclic) bond motifs is 1. The molecule has 0 saturated carbocycles. The molecule has 0 unspecified atom stereocenters. The molecule has 7 nitrogen and oxygen atoms in total. The van der Waals surface area contributed by atoms with Crippen LogP contribution in [0.3, 0.4) is 0 Å². The van der Waals surface area contributed by atoms with E-state index < -0.39 is 5.56 Å². The number of nitrogens with one attached hydrogen (secondary N) is 1. The van der Waals surface area contributed by atoms with Crippen molar-refractivity contribution < 1.29 is 9.59 Å². The molecule has 2 heterocycles. The second-order valence-electron chi connectivity index (χ2n) is 7.83. The average Bonchev–Trinajstić information content (AvgIpc) is 3.10. The van der Waals surface area contributed by atoms with Crippen molar-refractivity contribution in [3.8, 4) is 0 Å². The Kier molecular flexibility index (Phi) is 5.66. The van der Waals surface area contributed by atoms with Gasteiger partial charge in [-0.1, -0.05) is 48.0 Å². The van der Waals surface area contributed by atoms with E-state index in [2.05, 4.69) is 10.4 Å². The summed E-state index contributed by atoms with van der Waals surface area (Å²) in [4.78, 5) is 39.4. The van der Waals surface area contributed by atoms with Crippen LogP contribution in [0.2, 0.25) is 0 Å². The number of carbonyl (C=O) groups excluding carboxylic acids is 2. The van der Waals surface area contributed by atoms with Gasteiger partial charge in [0, 0.05) is 24.3 Å². The normalized spacial score (nSPS) is 14.9. The lowest BCUT2D eigenvalue weighted by Gasteiger charge is -2.22. The van der Waals surface area contributed by atoms with Crippen molar-refractivity contribution >= 4 is 17.5 Å². The van der Waals surface area contributed by atoms with E-state index in [4.69, 9.17) is 0 Å². The summed E-state index contributed by atoms with van der Waals surface area (Å²) in [5.41, 5.74) is 3.76. The van der Waals surface area contributed by atoms with Crippen LogP contribution in [0.25, 0.3) is 0 Å². The molecule has 1 atom stereocenters. The highest BCUT2D eigenvalue weighted by Crippen LogP contribution is 2.32. The van der Waals surface area contributed by atoms with Crippen LogP contribution < -0.4 is 15.8 Å². The molecule has 0 radical (unpaired) electrons. The van der Waals surface area contributed by atoms with E-state index in [0.717, 1.165) is 33.5 Å². The molecular weight excluding hydrogens is 392 g/mol. The summed E-state index contributed by atoms with van der Waals surface area (Å²) in [5, 5.41) is 6.97. The summed E-state index contributed by atoms with van der Waals surface area (Å²) in [6, 6.07) is 18.3. The molecule has 0 spiro atoms. The van der Waals surface area contributed by atoms with E-state index in [1.807, 2.05) is 62.4 Å². The Bertz CT molecular complexity index is 1180. The number of carbonyl (C=O) groups is 2. The molecule has 158 valence electrons. The van der Waals surface area contributed by atoms with Crippen LogP contribution in [0.4, 0.5) is 5.69 Å². The molecule has 0 saturated heterocycles. The van der Waals surface area contributed by atoms with E-state index in [0.29, 0.717) is 6.54 Å². The van der Waals surface area contributed by atoms with Crippen LogP contribution in [0.15, 0.2) is 65.5 Å². The molecule has 4 rings (SSSR count). The summed E-state index contributed by atoms with van der Waals surface area (Å²) < 4.78 is 1.03. The lowest BCUT2D eigenvalue weighted by molar-refractivity contribution is -0.122. The molecule has 1 aliphatic rings. The fourth-order valence-electron chi connectivity index (χ4n) is 3.77. The van der Waals surface area contributed by atoms with Crippen LogP contribution in [-0.2, 0) is 24.3 Å². The van der Waals surface area contributed by atoms with Gasteiger partial charge in [0.2, 0.25) is 5.91 Å². The van der Waals surface area contributed by atoms with Crippen molar-refractivity contribution in [2.75, 3.05) is 4.90 Å².